The molecule has 2 atom stereocenters. The van der Waals surface area contributed by atoms with E-state index in [1.54, 1.807) is 0 Å². The zero-order valence-electron chi connectivity index (χ0n) is 21.4. The number of aryl methyl sites for hydroxylation is 1. The van der Waals surface area contributed by atoms with Gasteiger partial charge >= 0.3 is 0 Å². The Morgan fingerprint density at radius 1 is 0.944 bits per heavy atom. The molecular weight excluding hydrogens is 446 g/mol. The Labute approximate surface area is 214 Å². The summed E-state index contributed by atoms with van der Waals surface area (Å²) in [6.07, 6.45) is 3.87. The van der Waals surface area contributed by atoms with E-state index in [9.17, 15) is 5.11 Å². The Bertz CT molecular complexity index is 1260. The number of hydrogen-bond donors (Lipinski definition) is 1. The van der Waals surface area contributed by atoms with Gasteiger partial charge in [-0.1, -0.05) is 74.5 Å². The van der Waals surface area contributed by atoms with Crippen molar-refractivity contribution in [2.75, 3.05) is 6.61 Å². The number of rotatable bonds is 9. The fourth-order valence-corrected chi connectivity index (χ4v) is 5.41. The summed E-state index contributed by atoms with van der Waals surface area (Å²) in [5.74, 6) is 1.06. The third kappa shape index (κ3) is 5.50. The number of ether oxygens (including phenoxy) is 2. The third-order valence-corrected chi connectivity index (χ3v) is 7.13. The molecule has 36 heavy (non-hydrogen) atoms. The molecule has 1 aromatic heterocycles. The van der Waals surface area contributed by atoms with Crippen LogP contribution in [0.4, 0.5) is 0 Å². The molecule has 1 N–H and O–H groups in total. The van der Waals surface area contributed by atoms with Gasteiger partial charge in [-0.2, -0.15) is 0 Å². The maximum atomic E-state index is 11.6. The average molecular weight is 484 g/mol. The average Bonchev–Trinajstić information content (AvgIpc) is 3.22. The Kier molecular flexibility index (Phi) is 7.74. The maximum absolute atomic E-state index is 11.6. The molecule has 188 valence electrons. The van der Waals surface area contributed by atoms with Crippen molar-refractivity contribution in [3.63, 3.8) is 0 Å². The van der Waals surface area contributed by atoms with Crippen LogP contribution in [0.3, 0.4) is 0 Å². The number of fused-ring (bicyclic) bond motifs is 1. The summed E-state index contributed by atoms with van der Waals surface area (Å²) in [5.41, 5.74) is 5.85. The number of aliphatic hydroxyl groups is 1. The van der Waals surface area contributed by atoms with Crippen molar-refractivity contribution in [1.29, 1.82) is 0 Å². The molecule has 2 unspecified atom stereocenters. The molecule has 0 aliphatic carbocycles. The second-order valence-corrected chi connectivity index (χ2v) is 10.2. The van der Waals surface area contributed by atoms with E-state index in [1.807, 2.05) is 12.1 Å². The molecule has 1 aliphatic rings. The van der Waals surface area contributed by atoms with Crippen LogP contribution in [0, 0.1) is 0 Å². The number of aliphatic hydroxyl groups excluding tert-OH is 1. The zero-order chi connectivity index (χ0) is 24.9. The van der Waals surface area contributed by atoms with E-state index in [0.29, 0.717) is 6.42 Å². The Morgan fingerprint density at radius 2 is 1.67 bits per heavy atom. The first-order valence-corrected chi connectivity index (χ1v) is 13.3. The Balaban J connectivity index is 1.55. The lowest BCUT2D eigenvalue weighted by Gasteiger charge is -2.23. The summed E-state index contributed by atoms with van der Waals surface area (Å²) in [6, 6.07) is 27.3. The van der Waals surface area contributed by atoms with Crippen molar-refractivity contribution < 1.29 is 14.6 Å². The van der Waals surface area contributed by atoms with Gasteiger partial charge in [-0.25, -0.2) is 0 Å². The number of nitrogens with zero attached hydrogens (tertiary/aromatic N) is 1. The van der Waals surface area contributed by atoms with Crippen LogP contribution in [0.5, 0.6) is 5.75 Å². The smallest absolute Gasteiger partial charge is 0.199 e. The monoisotopic (exact) mass is 483 g/mol. The van der Waals surface area contributed by atoms with E-state index in [1.165, 1.54) is 16.8 Å². The van der Waals surface area contributed by atoms with Gasteiger partial charge in [0.15, 0.2) is 6.29 Å². The van der Waals surface area contributed by atoms with Crippen molar-refractivity contribution in [2.24, 2.45) is 0 Å². The Hall–Kier alpha value is -3.08. The van der Waals surface area contributed by atoms with Crippen molar-refractivity contribution in [1.82, 2.24) is 4.57 Å². The van der Waals surface area contributed by atoms with Gasteiger partial charge in [0.25, 0.3) is 0 Å². The summed E-state index contributed by atoms with van der Waals surface area (Å²) < 4.78 is 14.5. The van der Waals surface area contributed by atoms with E-state index >= 15 is 0 Å². The molecule has 0 saturated carbocycles. The summed E-state index contributed by atoms with van der Waals surface area (Å²) in [4.78, 5) is 0. The summed E-state index contributed by atoms with van der Waals surface area (Å²) in [6.45, 7) is 5.95. The van der Waals surface area contributed by atoms with Gasteiger partial charge in [0.2, 0.25) is 0 Å². The van der Waals surface area contributed by atoms with Crippen LogP contribution < -0.4 is 4.74 Å². The second-order valence-electron chi connectivity index (χ2n) is 10.2. The topological polar surface area (TPSA) is 43.6 Å². The molecular formula is C32H37NO3. The first-order chi connectivity index (χ1) is 17.6. The first-order valence-electron chi connectivity index (χ1n) is 13.3. The van der Waals surface area contributed by atoms with Crippen LogP contribution in [0.2, 0.25) is 0 Å². The van der Waals surface area contributed by atoms with Gasteiger partial charge in [0.1, 0.15) is 5.75 Å². The molecule has 5 rings (SSSR count). The van der Waals surface area contributed by atoms with Crippen LogP contribution in [0.15, 0.2) is 78.9 Å². The maximum Gasteiger partial charge on any atom is 0.199 e. The van der Waals surface area contributed by atoms with E-state index in [-0.39, 0.29) is 12.2 Å². The minimum atomic E-state index is -0.566. The fourth-order valence-electron chi connectivity index (χ4n) is 5.41. The van der Waals surface area contributed by atoms with Crippen molar-refractivity contribution in [3.05, 3.63) is 101 Å². The lowest BCUT2D eigenvalue weighted by molar-refractivity contribution is -0.105. The van der Waals surface area contributed by atoms with Crippen LogP contribution in [0.1, 0.15) is 73.9 Å². The molecule has 4 heteroatoms. The lowest BCUT2D eigenvalue weighted by Crippen LogP contribution is -2.24. The van der Waals surface area contributed by atoms with E-state index in [4.69, 9.17) is 9.47 Å². The summed E-state index contributed by atoms with van der Waals surface area (Å²) in [5, 5.41) is 12.7. The van der Waals surface area contributed by atoms with Gasteiger partial charge in [-0.3, -0.25) is 0 Å². The quantitative estimate of drug-likeness (QED) is 0.270. The van der Waals surface area contributed by atoms with Crippen LogP contribution in [-0.4, -0.2) is 22.6 Å². The number of aromatic nitrogens is 1. The normalized spacial score (nSPS) is 16.9. The van der Waals surface area contributed by atoms with Crippen LogP contribution in [0.25, 0.3) is 10.9 Å². The van der Waals surface area contributed by atoms with E-state index < -0.39 is 6.10 Å². The molecule has 1 fully saturated rings. The van der Waals surface area contributed by atoms with Gasteiger partial charge in [0.05, 0.1) is 12.7 Å². The fraction of sp³-hybridized carbons (Fsp3) is 0.375. The number of hydrogen-bond acceptors (Lipinski definition) is 3. The molecule has 3 aromatic carbocycles. The van der Waals surface area contributed by atoms with E-state index in [0.717, 1.165) is 61.1 Å². The van der Waals surface area contributed by atoms with Gasteiger partial charge < -0.3 is 19.1 Å². The van der Waals surface area contributed by atoms with Crippen LogP contribution in [-0.2, 0) is 17.7 Å². The molecule has 0 spiro atoms. The predicted octanol–water partition coefficient (Wildman–Crippen LogP) is 7.38. The minimum Gasteiger partial charge on any atom is -0.465 e. The molecule has 1 saturated heterocycles. The highest BCUT2D eigenvalue weighted by Crippen LogP contribution is 2.39. The van der Waals surface area contributed by atoms with Crippen molar-refractivity contribution in [2.45, 2.75) is 70.8 Å². The molecule has 2 heterocycles. The van der Waals surface area contributed by atoms with Gasteiger partial charge in [-0.05, 0) is 60.9 Å². The lowest BCUT2D eigenvalue weighted by atomic mass is 9.95. The van der Waals surface area contributed by atoms with Gasteiger partial charge in [0, 0.05) is 35.1 Å². The second kappa shape index (κ2) is 11.3. The highest BCUT2D eigenvalue weighted by Gasteiger charge is 2.26. The molecule has 0 amide bonds. The van der Waals surface area contributed by atoms with Crippen molar-refractivity contribution >= 4 is 10.9 Å². The zero-order valence-corrected chi connectivity index (χ0v) is 21.4. The molecule has 4 nitrogen and oxygen atoms in total. The summed E-state index contributed by atoms with van der Waals surface area (Å²) in [7, 11) is 0. The van der Waals surface area contributed by atoms with Crippen LogP contribution >= 0.6 is 0 Å². The largest absolute Gasteiger partial charge is 0.465 e. The van der Waals surface area contributed by atoms with Crippen molar-refractivity contribution in [3.8, 4) is 5.75 Å². The van der Waals surface area contributed by atoms with E-state index in [2.05, 4.69) is 85.1 Å². The molecule has 4 aromatic rings. The predicted molar refractivity (Wildman–Crippen MR) is 146 cm³/mol. The Morgan fingerprint density at radius 3 is 2.33 bits per heavy atom. The van der Waals surface area contributed by atoms with Gasteiger partial charge in [-0.15, -0.1) is 0 Å². The number of benzene rings is 3. The molecule has 0 radical (unpaired) electrons. The highest BCUT2D eigenvalue weighted by atomic mass is 16.7. The third-order valence-electron chi connectivity index (χ3n) is 7.13. The first kappa shape index (κ1) is 24.6. The molecule has 0 bridgehead atoms. The SMILES string of the molecule is CC(C)c1c(C(O)CCc2ccccc2)c2cc(OC3CCCCO3)ccc2n1Cc1ccccc1. The highest BCUT2D eigenvalue weighted by molar-refractivity contribution is 5.87. The molecule has 1 aliphatic heterocycles. The summed E-state index contributed by atoms with van der Waals surface area (Å²) >= 11 is 0. The minimum absolute atomic E-state index is 0.196. The standard InChI is InChI=1S/C32H37NO3/c1-23(2)32-31(29(34)19-16-24-11-5-3-6-12-24)27-21-26(36-30-15-9-10-20-35-30)17-18-28(27)33(32)22-25-13-7-4-8-14-25/h3-8,11-14,17-18,21,23,29-30,34H,9-10,15-16,19-20,22H2,1-2H3.